The van der Waals surface area contributed by atoms with Crippen molar-refractivity contribution in [2.24, 2.45) is 0 Å². The number of rotatable bonds is 3. The Balaban J connectivity index is 1.98. The second-order valence-electron chi connectivity index (χ2n) is 4.91. The van der Waals surface area contributed by atoms with Crippen molar-refractivity contribution in [3.05, 3.63) is 33.8 Å². The van der Waals surface area contributed by atoms with Gasteiger partial charge in [0.15, 0.2) is 5.76 Å². The minimum atomic E-state index is -0.997. The van der Waals surface area contributed by atoms with Gasteiger partial charge < -0.3 is 9.63 Å². The Kier molecular flexibility index (Phi) is 2.92. The first kappa shape index (κ1) is 12.6. The van der Waals surface area contributed by atoms with Gasteiger partial charge in [-0.25, -0.2) is 14.3 Å². The van der Waals surface area contributed by atoms with Gasteiger partial charge in [-0.3, -0.25) is 4.57 Å². The first-order valence-electron chi connectivity index (χ1n) is 6.39. The molecule has 0 unspecified atom stereocenters. The number of hydrogen-bond acceptors (Lipinski definition) is 5. The summed E-state index contributed by atoms with van der Waals surface area (Å²) >= 11 is 0. The molecular weight excluding hydrogens is 264 g/mol. The van der Waals surface area contributed by atoms with E-state index in [1.165, 1.54) is 9.25 Å². The molecular formula is C12H14N4O4. The van der Waals surface area contributed by atoms with Crippen molar-refractivity contribution in [2.45, 2.75) is 38.8 Å². The number of carboxylic acids is 1. The van der Waals surface area contributed by atoms with Crippen LogP contribution >= 0.6 is 0 Å². The summed E-state index contributed by atoms with van der Waals surface area (Å²) in [7, 11) is 0. The zero-order valence-electron chi connectivity index (χ0n) is 10.9. The molecule has 20 heavy (non-hydrogen) atoms. The van der Waals surface area contributed by atoms with Gasteiger partial charge in [0.25, 0.3) is 0 Å². The normalized spacial score (nSPS) is 17.9. The summed E-state index contributed by atoms with van der Waals surface area (Å²) in [6.07, 6.45) is 1.78. The number of carbonyl (C=O) groups is 1. The Bertz CT molecular complexity index is 711. The third-order valence-electron chi connectivity index (χ3n) is 3.40. The van der Waals surface area contributed by atoms with Crippen molar-refractivity contribution in [1.29, 1.82) is 0 Å². The molecule has 3 heterocycles. The molecule has 1 aliphatic rings. The number of aliphatic carboxylic acids is 1. The summed E-state index contributed by atoms with van der Waals surface area (Å²) in [5.74, 6) is 0.0416. The molecule has 3 rings (SSSR count). The monoisotopic (exact) mass is 278 g/mol. The minimum absolute atomic E-state index is 0.159. The van der Waals surface area contributed by atoms with Gasteiger partial charge in [0.2, 0.25) is 0 Å². The molecule has 8 heteroatoms. The largest absolute Gasteiger partial charge is 0.480 e. The van der Waals surface area contributed by atoms with Crippen molar-refractivity contribution in [2.75, 3.05) is 0 Å². The fourth-order valence-corrected chi connectivity index (χ4v) is 2.51. The second-order valence-corrected chi connectivity index (χ2v) is 4.91. The summed E-state index contributed by atoms with van der Waals surface area (Å²) in [6, 6.07) is 0.899. The van der Waals surface area contributed by atoms with Crippen LogP contribution in [-0.4, -0.2) is 30.6 Å². The molecule has 0 radical (unpaired) electrons. The van der Waals surface area contributed by atoms with Gasteiger partial charge in [-0.1, -0.05) is 5.16 Å². The van der Waals surface area contributed by atoms with E-state index in [-0.39, 0.29) is 6.54 Å². The van der Waals surface area contributed by atoms with Crippen molar-refractivity contribution in [3.63, 3.8) is 0 Å². The van der Waals surface area contributed by atoms with Crippen molar-refractivity contribution in [1.82, 2.24) is 19.5 Å². The molecule has 1 aliphatic heterocycles. The highest BCUT2D eigenvalue weighted by atomic mass is 16.5. The smallest absolute Gasteiger partial charge is 0.347 e. The highest BCUT2D eigenvalue weighted by Crippen LogP contribution is 2.21. The van der Waals surface area contributed by atoms with E-state index < -0.39 is 17.7 Å². The van der Waals surface area contributed by atoms with Crippen LogP contribution in [0.5, 0.6) is 0 Å². The Hall–Kier alpha value is -2.38. The summed E-state index contributed by atoms with van der Waals surface area (Å²) in [5.41, 5.74) is 0.307. The quantitative estimate of drug-likeness (QED) is 0.869. The molecule has 0 aliphatic carbocycles. The minimum Gasteiger partial charge on any atom is -0.480 e. The van der Waals surface area contributed by atoms with Crippen LogP contribution in [0.2, 0.25) is 0 Å². The van der Waals surface area contributed by atoms with E-state index >= 15 is 0 Å². The molecule has 2 aromatic heterocycles. The van der Waals surface area contributed by atoms with Crippen molar-refractivity contribution >= 4 is 5.97 Å². The standard InChI is InChI=1S/C12H14N4O4/c1-7-5-8(20-14-7)6-15-12(19)16-9(11(17)18)3-2-4-10(16)13-15/h5,9H,2-4,6H2,1H3,(H,17,18)/t9-/m1/s1. The third-order valence-corrected chi connectivity index (χ3v) is 3.40. The molecule has 8 nitrogen and oxygen atoms in total. The second kappa shape index (κ2) is 4.62. The fourth-order valence-electron chi connectivity index (χ4n) is 2.51. The van der Waals surface area contributed by atoms with Crippen molar-refractivity contribution in [3.8, 4) is 0 Å². The molecule has 1 atom stereocenters. The van der Waals surface area contributed by atoms with Gasteiger partial charge >= 0.3 is 11.7 Å². The molecule has 0 aromatic carbocycles. The van der Waals surface area contributed by atoms with Gasteiger partial charge in [-0.05, 0) is 19.8 Å². The fraction of sp³-hybridized carbons (Fsp3) is 0.500. The first-order chi connectivity index (χ1) is 9.56. The van der Waals surface area contributed by atoms with E-state index in [9.17, 15) is 14.7 Å². The Morgan fingerprint density at radius 1 is 1.60 bits per heavy atom. The number of aryl methyl sites for hydroxylation is 2. The van der Waals surface area contributed by atoms with Gasteiger partial charge in [0.1, 0.15) is 18.4 Å². The Labute approximate surface area is 113 Å². The molecule has 0 saturated heterocycles. The van der Waals surface area contributed by atoms with Gasteiger partial charge in [-0.15, -0.1) is 0 Å². The number of hydrogen-bond donors (Lipinski definition) is 1. The zero-order chi connectivity index (χ0) is 14.3. The van der Waals surface area contributed by atoms with E-state index in [1.807, 2.05) is 0 Å². The summed E-state index contributed by atoms with van der Waals surface area (Å²) in [4.78, 5) is 23.5. The molecule has 0 fully saturated rings. The maximum absolute atomic E-state index is 12.3. The van der Waals surface area contributed by atoms with Gasteiger partial charge in [0, 0.05) is 12.5 Å². The maximum atomic E-state index is 12.3. The van der Waals surface area contributed by atoms with Crippen LogP contribution in [-0.2, 0) is 17.8 Å². The lowest BCUT2D eigenvalue weighted by Crippen LogP contribution is -2.34. The maximum Gasteiger partial charge on any atom is 0.347 e. The Morgan fingerprint density at radius 3 is 3.05 bits per heavy atom. The predicted molar refractivity (Wildman–Crippen MR) is 66.4 cm³/mol. The summed E-state index contributed by atoms with van der Waals surface area (Å²) < 4.78 is 7.56. The van der Waals surface area contributed by atoms with Crippen LogP contribution in [0.1, 0.15) is 36.2 Å². The molecule has 0 amide bonds. The van der Waals surface area contributed by atoms with Crippen LogP contribution < -0.4 is 5.69 Å². The molecule has 106 valence electrons. The lowest BCUT2D eigenvalue weighted by Gasteiger charge is -2.19. The zero-order valence-corrected chi connectivity index (χ0v) is 10.9. The Morgan fingerprint density at radius 2 is 2.40 bits per heavy atom. The van der Waals surface area contributed by atoms with E-state index in [0.717, 1.165) is 12.1 Å². The number of nitrogens with zero attached hydrogens (tertiary/aromatic N) is 4. The molecule has 0 spiro atoms. The third kappa shape index (κ3) is 2.02. The highest BCUT2D eigenvalue weighted by Gasteiger charge is 2.30. The first-order valence-corrected chi connectivity index (χ1v) is 6.39. The van der Waals surface area contributed by atoms with Crippen LogP contribution in [0.25, 0.3) is 0 Å². The number of carboxylic acid groups (broad SMARTS) is 1. The van der Waals surface area contributed by atoms with Crippen molar-refractivity contribution < 1.29 is 14.4 Å². The van der Waals surface area contributed by atoms with E-state index in [4.69, 9.17) is 4.52 Å². The van der Waals surface area contributed by atoms with Gasteiger partial charge in [-0.2, -0.15) is 5.10 Å². The van der Waals surface area contributed by atoms with E-state index in [2.05, 4.69) is 10.3 Å². The van der Waals surface area contributed by atoms with E-state index in [0.29, 0.717) is 24.4 Å². The summed E-state index contributed by atoms with van der Waals surface area (Å²) in [6.45, 7) is 1.94. The lowest BCUT2D eigenvalue weighted by molar-refractivity contribution is -0.141. The SMILES string of the molecule is Cc1cc(Cn2nc3n(c2=O)[C@@H](C(=O)O)CCC3)on1. The predicted octanol–water partition coefficient (Wildman–Crippen LogP) is 0.352. The molecule has 2 aromatic rings. The van der Waals surface area contributed by atoms with Crippen LogP contribution in [0.15, 0.2) is 15.4 Å². The average molecular weight is 278 g/mol. The van der Waals surface area contributed by atoms with Crippen LogP contribution in [0.4, 0.5) is 0 Å². The average Bonchev–Trinajstić information content (AvgIpc) is 2.95. The molecule has 0 bridgehead atoms. The van der Waals surface area contributed by atoms with Crippen LogP contribution in [0.3, 0.4) is 0 Å². The summed E-state index contributed by atoms with van der Waals surface area (Å²) in [5, 5.41) is 17.1. The van der Waals surface area contributed by atoms with Gasteiger partial charge in [0.05, 0.1) is 5.69 Å². The highest BCUT2D eigenvalue weighted by molar-refractivity contribution is 5.72. The number of aromatic nitrogens is 4. The number of fused-ring (bicyclic) bond motifs is 1. The molecule has 1 N–H and O–H groups in total. The van der Waals surface area contributed by atoms with Crippen LogP contribution in [0, 0.1) is 6.92 Å². The van der Waals surface area contributed by atoms with E-state index in [1.54, 1.807) is 13.0 Å². The molecule has 0 saturated carbocycles. The lowest BCUT2D eigenvalue weighted by atomic mass is 10.1. The topological polar surface area (TPSA) is 103 Å².